The lowest BCUT2D eigenvalue weighted by Crippen LogP contribution is -2.30. The van der Waals surface area contributed by atoms with Gasteiger partial charge in [-0.25, -0.2) is 0 Å². The summed E-state index contributed by atoms with van der Waals surface area (Å²) in [6.45, 7) is 1.76. The van der Waals surface area contributed by atoms with Gasteiger partial charge >= 0.3 is 0 Å². The molecule has 0 fully saturated rings. The zero-order valence-electron chi connectivity index (χ0n) is 16.7. The molecule has 7 nitrogen and oxygen atoms in total. The molecule has 3 atom stereocenters. The molecule has 2 amide bonds. The number of amides is 2. The molecule has 2 aliphatic rings. The van der Waals surface area contributed by atoms with Gasteiger partial charge in [0, 0.05) is 5.41 Å². The van der Waals surface area contributed by atoms with E-state index in [4.69, 9.17) is 12.8 Å². The number of rotatable bonds is 2. The Morgan fingerprint density at radius 1 is 0.871 bits per heavy atom. The van der Waals surface area contributed by atoms with Crippen LogP contribution in [0.4, 0.5) is 0 Å². The van der Waals surface area contributed by atoms with E-state index in [0.29, 0.717) is 35.1 Å². The molecule has 0 saturated heterocycles. The van der Waals surface area contributed by atoms with Gasteiger partial charge in [-0.05, 0) is 77.6 Å². The van der Waals surface area contributed by atoms with E-state index in [9.17, 15) is 24.9 Å². The lowest BCUT2D eigenvalue weighted by Gasteiger charge is -2.28. The van der Waals surface area contributed by atoms with Crippen molar-refractivity contribution in [2.75, 3.05) is 0 Å². The number of benzene rings is 2. The normalized spacial score (nSPS) is 22.8. The average Bonchev–Trinajstić information content (AvgIpc) is 3.17. The van der Waals surface area contributed by atoms with Crippen LogP contribution in [0.5, 0.6) is 17.2 Å². The highest BCUT2D eigenvalue weighted by Crippen LogP contribution is 2.60. The second-order valence-corrected chi connectivity index (χ2v) is 7.99. The third kappa shape index (κ3) is 3.03. The molecule has 7 heteroatoms. The number of carbonyl (C=O) groups is 2. The van der Waals surface area contributed by atoms with Crippen molar-refractivity contribution in [2.24, 2.45) is 0 Å². The van der Waals surface area contributed by atoms with Gasteiger partial charge in [0.1, 0.15) is 5.75 Å². The Bertz CT molecular complexity index is 1120. The Morgan fingerprint density at radius 2 is 1.32 bits per heavy atom. The fraction of sp³-hybridized carbons (Fsp3) is 0.250. The largest absolute Gasteiger partial charge is 0.508 e. The van der Waals surface area contributed by atoms with Crippen molar-refractivity contribution in [3.05, 3.63) is 52.1 Å². The SMILES string of the molecule is C#CC(=O)NC1CC2(CC(NC(=O)C#C)c3cc(O)c(O)cc32)c2cc(C)c(O)cc21. The molecule has 3 unspecified atom stereocenters. The van der Waals surface area contributed by atoms with Gasteiger partial charge in [0.2, 0.25) is 0 Å². The van der Waals surface area contributed by atoms with E-state index in [0.717, 1.165) is 5.56 Å². The standard InChI is InChI=1S/C24H20N2O5/c1-4-22(30)25-17-10-24(15-6-12(3)19(27)7-13(15)17)11-18(26-23(31)5-2)14-8-20(28)21(29)9-16(14)24/h1-2,6-9,17-18,27-29H,10-11H2,3H3,(H,25,30)(H,26,31). The number of fused-ring (bicyclic) bond motifs is 4. The number of hydrogen-bond acceptors (Lipinski definition) is 5. The number of hydrogen-bond donors (Lipinski definition) is 5. The monoisotopic (exact) mass is 416 g/mol. The third-order valence-electron chi connectivity index (χ3n) is 6.27. The molecular formula is C24H20N2O5. The van der Waals surface area contributed by atoms with Crippen molar-refractivity contribution in [2.45, 2.75) is 37.3 Å². The summed E-state index contributed by atoms with van der Waals surface area (Å²) in [4.78, 5) is 23.9. The number of phenolic OH excluding ortho intramolecular Hbond substituents is 3. The minimum atomic E-state index is -0.715. The first kappa shape index (κ1) is 20.2. The predicted molar refractivity (Wildman–Crippen MR) is 112 cm³/mol. The minimum absolute atomic E-state index is 0.0831. The summed E-state index contributed by atoms with van der Waals surface area (Å²) in [5, 5.41) is 36.2. The van der Waals surface area contributed by atoms with Gasteiger partial charge in [0.05, 0.1) is 12.1 Å². The second kappa shape index (κ2) is 7.00. The number of terminal acetylenes is 2. The van der Waals surface area contributed by atoms with E-state index in [1.54, 1.807) is 13.0 Å². The molecule has 0 saturated carbocycles. The molecular weight excluding hydrogens is 396 g/mol. The minimum Gasteiger partial charge on any atom is -0.508 e. The molecule has 0 bridgehead atoms. The molecule has 0 aliphatic heterocycles. The van der Waals surface area contributed by atoms with Crippen molar-refractivity contribution in [1.82, 2.24) is 10.6 Å². The maximum atomic E-state index is 12.0. The maximum Gasteiger partial charge on any atom is 0.296 e. The molecule has 0 heterocycles. The lowest BCUT2D eigenvalue weighted by molar-refractivity contribution is -0.117. The molecule has 2 aromatic carbocycles. The number of aryl methyl sites for hydroxylation is 1. The Balaban J connectivity index is 1.93. The summed E-state index contributed by atoms with van der Waals surface area (Å²) < 4.78 is 0. The summed E-state index contributed by atoms with van der Waals surface area (Å²) in [5.41, 5.74) is 2.80. The van der Waals surface area contributed by atoms with E-state index in [1.165, 1.54) is 12.1 Å². The van der Waals surface area contributed by atoms with Crippen LogP contribution in [-0.2, 0) is 15.0 Å². The van der Waals surface area contributed by atoms with Crippen LogP contribution in [-0.4, -0.2) is 27.1 Å². The highest BCUT2D eigenvalue weighted by atomic mass is 16.3. The number of carbonyl (C=O) groups excluding carboxylic acids is 2. The molecule has 4 rings (SSSR count). The van der Waals surface area contributed by atoms with Crippen molar-refractivity contribution < 1.29 is 24.9 Å². The van der Waals surface area contributed by atoms with E-state index >= 15 is 0 Å². The van der Waals surface area contributed by atoms with Crippen LogP contribution in [0.2, 0.25) is 0 Å². The Morgan fingerprint density at radius 3 is 1.84 bits per heavy atom. The zero-order valence-corrected chi connectivity index (χ0v) is 16.7. The van der Waals surface area contributed by atoms with E-state index in [1.807, 2.05) is 17.9 Å². The number of phenols is 3. The summed E-state index contributed by atoms with van der Waals surface area (Å²) in [5.74, 6) is 2.36. The van der Waals surface area contributed by atoms with Crippen LogP contribution >= 0.6 is 0 Å². The van der Waals surface area contributed by atoms with Crippen molar-refractivity contribution in [3.8, 4) is 41.9 Å². The second-order valence-electron chi connectivity index (χ2n) is 7.99. The highest BCUT2D eigenvalue weighted by molar-refractivity contribution is 5.94. The van der Waals surface area contributed by atoms with Gasteiger partial charge in [0.25, 0.3) is 11.8 Å². The van der Waals surface area contributed by atoms with Crippen LogP contribution in [0, 0.1) is 31.6 Å². The summed E-state index contributed by atoms with van der Waals surface area (Å²) in [6.07, 6.45) is 11.2. The first-order valence-corrected chi connectivity index (χ1v) is 9.64. The quantitative estimate of drug-likeness (QED) is 0.378. The Kier molecular flexibility index (Phi) is 4.56. The molecule has 0 aromatic heterocycles. The van der Waals surface area contributed by atoms with Crippen molar-refractivity contribution >= 4 is 11.8 Å². The summed E-state index contributed by atoms with van der Waals surface area (Å²) >= 11 is 0. The lowest BCUT2D eigenvalue weighted by atomic mass is 9.76. The zero-order chi connectivity index (χ0) is 22.5. The summed E-state index contributed by atoms with van der Waals surface area (Å²) in [7, 11) is 0. The predicted octanol–water partition coefficient (Wildman–Crippen LogP) is 1.79. The third-order valence-corrected chi connectivity index (χ3v) is 6.27. The summed E-state index contributed by atoms with van der Waals surface area (Å²) in [6, 6.07) is 5.33. The van der Waals surface area contributed by atoms with E-state index in [-0.39, 0.29) is 17.2 Å². The molecule has 5 N–H and O–H groups in total. The molecule has 2 aliphatic carbocycles. The van der Waals surface area contributed by atoms with Gasteiger partial charge in [-0.2, -0.15) is 0 Å². The van der Waals surface area contributed by atoms with Gasteiger partial charge < -0.3 is 26.0 Å². The van der Waals surface area contributed by atoms with Crippen LogP contribution in [0.15, 0.2) is 24.3 Å². The van der Waals surface area contributed by atoms with Crippen LogP contribution in [0.3, 0.4) is 0 Å². The smallest absolute Gasteiger partial charge is 0.296 e. The van der Waals surface area contributed by atoms with Gasteiger partial charge in [-0.1, -0.05) is 6.07 Å². The van der Waals surface area contributed by atoms with Crippen molar-refractivity contribution in [3.63, 3.8) is 0 Å². The molecule has 156 valence electrons. The average molecular weight is 416 g/mol. The molecule has 0 radical (unpaired) electrons. The highest BCUT2D eigenvalue weighted by Gasteiger charge is 2.53. The van der Waals surface area contributed by atoms with Crippen molar-refractivity contribution in [1.29, 1.82) is 0 Å². The number of aromatic hydroxyl groups is 3. The molecule has 31 heavy (non-hydrogen) atoms. The van der Waals surface area contributed by atoms with Gasteiger partial charge in [-0.3, -0.25) is 9.59 Å². The van der Waals surface area contributed by atoms with Gasteiger partial charge in [-0.15, -0.1) is 12.8 Å². The fourth-order valence-electron chi connectivity index (χ4n) is 4.95. The first-order chi connectivity index (χ1) is 14.7. The fourth-order valence-corrected chi connectivity index (χ4v) is 4.95. The van der Waals surface area contributed by atoms with Gasteiger partial charge in [0.15, 0.2) is 11.5 Å². The van der Waals surface area contributed by atoms with Crippen LogP contribution < -0.4 is 10.6 Å². The van der Waals surface area contributed by atoms with E-state index in [2.05, 4.69) is 10.6 Å². The Labute approximate surface area is 179 Å². The van der Waals surface area contributed by atoms with E-state index < -0.39 is 29.3 Å². The number of nitrogens with one attached hydrogen (secondary N) is 2. The first-order valence-electron chi connectivity index (χ1n) is 9.64. The Hall–Kier alpha value is -4.10. The topological polar surface area (TPSA) is 119 Å². The molecule has 2 aromatic rings. The molecule has 1 spiro atoms. The maximum absolute atomic E-state index is 12.0. The van der Waals surface area contributed by atoms with Crippen LogP contribution in [0.1, 0.15) is 52.7 Å². The van der Waals surface area contributed by atoms with Crippen LogP contribution in [0.25, 0.3) is 0 Å².